The van der Waals surface area contributed by atoms with Crippen LogP contribution in [0.15, 0.2) is 42.6 Å². The average molecular weight is 349 g/mol. The van der Waals surface area contributed by atoms with Crippen LogP contribution in [0, 0.1) is 6.92 Å². The van der Waals surface area contributed by atoms with E-state index in [0.717, 1.165) is 0 Å². The first-order valence-electron chi connectivity index (χ1n) is 9.45. The number of pyridine rings is 1. The van der Waals surface area contributed by atoms with Crippen LogP contribution >= 0.6 is 11.3 Å². The monoisotopic (exact) mass is 348 g/mol. The molecule has 0 N–H and O–H groups in total. The molecule has 25 heavy (non-hydrogen) atoms. The highest BCUT2D eigenvalue weighted by Gasteiger charge is 2.51. The zero-order valence-electron chi connectivity index (χ0n) is 15.0. The van der Waals surface area contributed by atoms with Crippen molar-refractivity contribution in [2.45, 2.75) is 57.5 Å². The summed E-state index contributed by atoms with van der Waals surface area (Å²) >= 11 is 1.95. The fourth-order valence-electron chi connectivity index (χ4n) is 5.20. The predicted molar refractivity (Wildman–Crippen MR) is 106 cm³/mol. The third-order valence-corrected chi connectivity index (χ3v) is 7.57. The van der Waals surface area contributed by atoms with Crippen molar-refractivity contribution < 1.29 is 0 Å². The van der Waals surface area contributed by atoms with Crippen LogP contribution in [0.2, 0.25) is 0 Å². The summed E-state index contributed by atoms with van der Waals surface area (Å²) in [6, 6.07) is 13.7. The molecule has 1 aliphatic carbocycles. The number of para-hydroxylation sites is 1. The van der Waals surface area contributed by atoms with Crippen LogP contribution in [0.25, 0.3) is 10.2 Å². The molecule has 128 valence electrons. The van der Waals surface area contributed by atoms with E-state index in [9.17, 15) is 0 Å². The van der Waals surface area contributed by atoms with E-state index in [0.29, 0.717) is 6.04 Å². The SMILES string of the molecule is Cc1ccccc1N1C(C)c2c(sc3ncccc23)C12CCCCC2. The van der Waals surface area contributed by atoms with Gasteiger partial charge in [-0.2, -0.15) is 0 Å². The number of aromatic nitrogens is 1. The van der Waals surface area contributed by atoms with Crippen LogP contribution in [0.1, 0.15) is 61.1 Å². The molecule has 2 aliphatic rings. The largest absolute Gasteiger partial charge is 0.354 e. The summed E-state index contributed by atoms with van der Waals surface area (Å²) in [5, 5.41) is 1.37. The molecule has 1 atom stereocenters. The zero-order chi connectivity index (χ0) is 17.0. The summed E-state index contributed by atoms with van der Waals surface area (Å²) in [5.41, 5.74) is 4.51. The summed E-state index contributed by atoms with van der Waals surface area (Å²) in [6.45, 7) is 4.65. The molecule has 0 bridgehead atoms. The lowest BCUT2D eigenvalue weighted by Gasteiger charge is -2.45. The second kappa shape index (κ2) is 5.57. The molecule has 1 unspecified atom stereocenters. The summed E-state index contributed by atoms with van der Waals surface area (Å²) in [6.07, 6.45) is 8.50. The van der Waals surface area contributed by atoms with Crippen LogP contribution < -0.4 is 4.90 Å². The van der Waals surface area contributed by atoms with Crippen molar-refractivity contribution in [3.05, 3.63) is 58.6 Å². The lowest BCUT2D eigenvalue weighted by molar-refractivity contribution is 0.288. The quantitative estimate of drug-likeness (QED) is 0.510. The van der Waals surface area contributed by atoms with E-state index in [1.165, 1.54) is 53.6 Å². The second-order valence-corrected chi connectivity index (χ2v) is 8.62. The maximum atomic E-state index is 4.67. The molecule has 2 aromatic heterocycles. The lowest BCUT2D eigenvalue weighted by Crippen LogP contribution is -2.44. The maximum absolute atomic E-state index is 4.67. The number of aryl methyl sites for hydroxylation is 1. The second-order valence-electron chi connectivity index (χ2n) is 7.63. The van der Waals surface area contributed by atoms with Gasteiger partial charge < -0.3 is 4.90 Å². The Morgan fingerprint density at radius 3 is 2.68 bits per heavy atom. The average Bonchev–Trinajstić information content (AvgIpc) is 3.13. The Kier molecular flexibility index (Phi) is 3.43. The smallest absolute Gasteiger partial charge is 0.123 e. The Bertz CT molecular complexity index is 936. The van der Waals surface area contributed by atoms with Gasteiger partial charge in [0, 0.05) is 27.7 Å². The van der Waals surface area contributed by atoms with Gasteiger partial charge >= 0.3 is 0 Å². The van der Waals surface area contributed by atoms with Crippen LogP contribution in [-0.2, 0) is 5.54 Å². The van der Waals surface area contributed by atoms with Crippen molar-refractivity contribution >= 4 is 27.2 Å². The van der Waals surface area contributed by atoms with Crippen molar-refractivity contribution in [1.82, 2.24) is 4.98 Å². The zero-order valence-corrected chi connectivity index (χ0v) is 15.8. The van der Waals surface area contributed by atoms with E-state index in [1.54, 1.807) is 10.4 Å². The fraction of sp³-hybridized carbons (Fsp3) is 0.409. The van der Waals surface area contributed by atoms with Gasteiger partial charge in [-0.1, -0.05) is 43.5 Å². The van der Waals surface area contributed by atoms with Gasteiger partial charge in [0.25, 0.3) is 0 Å². The van der Waals surface area contributed by atoms with Crippen LogP contribution in [0.4, 0.5) is 5.69 Å². The van der Waals surface area contributed by atoms with Gasteiger partial charge in [-0.3, -0.25) is 0 Å². The minimum Gasteiger partial charge on any atom is -0.354 e. The first kappa shape index (κ1) is 15.4. The molecule has 5 rings (SSSR count). The molecular weight excluding hydrogens is 324 g/mol. The molecule has 0 saturated heterocycles. The number of nitrogens with zero attached hydrogens (tertiary/aromatic N) is 2. The number of hydrogen-bond donors (Lipinski definition) is 0. The van der Waals surface area contributed by atoms with Crippen LogP contribution in [0.5, 0.6) is 0 Å². The van der Waals surface area contributed by atoms with E-state index in [2.05, 4.69) is 60.1 Å². The van der Waals surface area contributed by atoms with Gasteiger partial charge in [0.15, 0.2) is 0 Å². The van der Waals surface area contributed by atoms with Crippen molar-refractivity contribution in [2.24, 2.45) is 0 Å². The van der Waals surface area contributed by atoms with E-state index < -0.39 is 0 Å². The van der Waals surface area contributed by atoms with Gasteiger partial charge in [0.2, 0.25) is 0 Å². The number of rotatable bonds is 1. The topological polar surface area (TPSA) is 16.1 Å². The van der Waals surface area contributed by atoms with Crippen LogP contribution in [0.3, 0.4) is 0 Å². The molecule has 0 radical (unpaired) electrons. The van der Waals surface area contributed by atoms with Crippen molar-refractivity contribution in [3.8, 4) is 0 Å². The first-order valence-corrected chi connectivity index (χ1v) is 10.3. The van der Waals surface area contributed by atoms with Gasteiger partial charge in [-0.15, -0.1) is 11.3 Å². The number of hydrogen-bond acceptors (Lipinski definition) is 3. The molecule has 1 spiro atoms. The van der Waals surface area contributed by atoms with E-state index in [-0.39, 0.29) is 5.54 Å². The number of fused-ring (bicyclic) bond motifs is 4. The van der Waals surface area contributed by atoms with Gasteiger partial charge in [0.1, 0.15) is 4.83 Å². The lowest BCUT2D eigenvalue weighted by atomic mass is 9.80. The Hall–Kier alpha value is -1.87. The maximum Gasteiger partial charge on any atom is 0.123 e. The summed E-state index contributed by atoms with van der Waals surface area (Å²) < 4.78 is 0. The molecule has 1 aliphatic heterocycles. The Morgan fingerprint density at radius 2 is 1.88 bits per heavy atom. The molecule has 1 fully saturated rings. The highest BCUT2D eigenvalue weighted by molar-refractivity contribution is 7.19. The number of thiophene rings is 1. The fourth-order valence-corrected chi connectivity index (χ4v) is 6.68. The van der Waals surface area contributed by atoms with Crippen molar-refractivity contribution in [3.63, 3.8) is 0 Å². The van der Waals surface area contributed by atoms with E-state index >= 15 is 0 Å². The Morgan fingerprint density at radius 1 is 1.08 bits per heavy atom. The third-order valence-electron chi connectivity index (χ3n) is 6.25. The van der Waals surface area contributed by atoms with Gasteiger partial charge in [-0.25, -0.2) is 4.98 Å². The minimum absolute atomic E-state index is 0.171. The van der Waals surface area contributed by atoms with Crippen molar-refractivity contribution in [2.75, 3.05) is 4.90 Å². The Labute approximate surface area is 153 Å². The molecule has 1 aromatic carbocycles. The van der Waals surface area contributed by atoms with E-state index in [1.807, 2.05) is 17.5 Å². The molecule has 0 amide bonds. The molecule has 2 nitrogen and oxygen atoms in total. The number of anilines is 1. The number of benzene rings is 1. The standard InChI is InChI=1S/C22H24N2S/c1-15-9-4-5-11-18(15)24-16(2)19-17-10-8-14-23-21(17)25-20(19)22(24)12-6-3-7-13-22/h4-5,8-11,14,16H,3,6-7,12-13H2,1-2H3. The molecule has 3 heteroatoms. The minimum atomic E-state index is 0.171. The van der Waals surface area contributed by atoms with Crippen LogP contribution in [-0.4, -0.2) is 4.98 Å². The summed E-state index contributed by atoms with van der Waals surface area (Å²) in [7, 11) is 0. The highest BCUT2D eigenvalue weighted by atomic mass is 32.1. The molecular formula is C22H24N2S. The molecule has 3 aromatic rings. The van der Waals surface area contributed by atoms with E-state index in [4.69, 9.17) is 0 Å². The summed E-state index contributed by atoms with van der Waals surface area (Å²) in [4.78, 5) is 10.2. The highest BCUT2D eigenvalue weighted by Crippen LogP contribution is 2.59. The van der Waals surface area contributed by atoms with Gasteiger partial charge in [0.05, 0.1) is 11.6 Å². The van der Waals surface area contributed by atoms with Crippen molar-refractivity contribution in [1.29, 1.82) is 0 Å². The third kappa shape index (κ3) is 2.05. The summed E-state index contributed by atoms with van der Waals surface area (Å²) in [5.74, 6) is 0. The molecule has 3 heterocycles. The first-order chi connectivity index (χ1) is 12.2. The Balaban J connectivity index is 1.78. The predicted octanol–water partition coefficient (Wildman–Crippen LogP) is 6.35. The molecule has 1 saturated carbocycles. The normalized spacial score (nSPS) is 21.8. The van der Waals surface area contributed by atoms with Gasteiger partial charge in [-0.05, 0) is 44.4 Å².